The molecule has 0 atom stereocenters. The Morgan fingerprint density at radius 1 is 1.11 bits per heavy atom. The van der Waals surface area contributed by atoms with Crippen molar-refractivity contribution in [1.29, 1.82) is 0 Å². The van der Waals surface area contributed by atoms with Crippen molar-refractivity contribution in [3.63, 3.8) is 0 Å². The zero-order valence-corrected chi connectivity index (χ0v) is 12.4. The first-order chi connectivity index (χ1) is 9.00. The second-order valence-electron chi connectivity index (χ2n) is 4.50. The van der Waals surface area contributed by atoms with Gasteiger partial charge in [-0.15, -0.1) is 0 Å². The molecule has 4 nitrogen and oxygen atoms in total. The van der Waals surface area contributed by atoms with Gasteiger partial charge in [-0.25, -0.2) is 0 Å². The van der Waals surface area contributed by atoms with Crippen molar-refractivity contribution in [2.45, 2.75) is 13.8 Å². The fraction of sp³-hybridized carbons (Fsp3) is 0.357. The molecule has 0 bridgehead atoms. The number of hydrogen-bond acceptors (Lipinski definition) is 4. The Hall–Kier alpha value is -1.06. The summed E-state index contributed by atoms with van der Waals surface area (Å²) in [5.41, 5.74) is 0.731. The molecule has 1 N–H and O–H groups in total. The van der Waals surface area contributed by atoms with E-state index in [2.05, 4.69) is 4.98 Å². The summed E-state index contributed by atoms with van der Waals surface area (Å²) >= 11 is 0. The normalized spacial score (nSPS) is 14.2. The number of benzene rings is 1. The van der Waals surface area contributed by atoms with E-state index in [4.69, 9.17) is 9.05 Å². The van der Waals surface area contributed by atoms with Gasteiger partial charge in [0.2, 0.25) is 0 Å². The van der Waals surface area contributed by atoms with E-state index in [1.165, 1.54) is 0 Å². The van der Waals surface area contributed by atoms with Crippen molar-refractivity contribution in [1.82, 2.24) is 4.98 Å². The van der Waals surface area contributed by atoms with Gasteiger partial charge in [-0.2, -0.15) is 0 Å². The van der Waals surface area contributed by atoms with Crippen LogP contribution in [-0.2, 0) is 9.05 Å². The topological polar surface area (TPSA) is 51.6 Å². The molecule has 0 aliphatic carbocycles. The van der Waals surface area contributed by atoms with E-state index >= 15 is 0 Å². The molecule has 1 aromatic carbocycles. The molecule has 1 aromatic heterocycles. The van der Waals surface area contributed by atoms with E-state index in [9.17, 15) is 4.89 Å². The third-order valence-corrected chi connectivity index (χ3v) is 6.21. The standard InChI is InChI=1S/C14H20NO3P/c1-4-17-19(3,16,18-5-2)13-10-6-8-12-9-7-11-15-14(12)13/h6-11,16H,4-5H2,1-3H3. The monoisotopic (exact) mass is 281 g/mol. The van der Waals surface area contributed by atoms with Crippen LogP contribution >= 0.6 is 7.28 Å². The Balaban J connectivity index is 2.70. The SMILES string of the molecule is CCOP(C)(O)(OCC)c1cccc2cccnc12. The second kappa shape index (κ2) is 5.14. The Bertz CT molecular complexity index is 570. The van der Waals surface area contributed by atoms with Crippen molar-refractivity contribution in [2.75, 3.05) is 19.9 Å². The van der Waals surface area contributed by atoms with E-state index in [1.807, 2.05) is 44.2 Å². The van der Waals surface area contributed by atoms with Crippen molar-refractivity contribution in [3.8, 4) is 0 Å². The van der Waals surface area contributed by atoms with E-state index in [-0.39, 0.29) is 0 Å². The van der Waals surface area contributed by atoms with Gasteiger partial charge < -0.3 is 0 Å². The van der Waals surface area contributed by atoms with Crippen LogP contribution in [0.15, 0.2) is 36.5 Å². The molecule has 2 aromatic rings. The molecule has 0 saturated heterocycles. The Morgan fingerprint density at radius 2 is 1.74 bits per heavy atom. The quantitative estimate of drug-likeness (QED) is 0.856. The number of pyridine rings is 1. The van der Waals surface area contributed by atoms with Gasteiger partial charge in [0.25, 0.3) is 0 Å². The summed E-state index contributed by atoms with van der Waals surface area (Å²) in [7, 11) is -3.84. The van der Waals surface area contributed by atoms with Crippen LogP contribution in [0.25, 0.3) is 10.9 Å². The summed E-state index contributed by atoms with van der Waals surface area (Å²) in [6.45, 7) is 6.11. The zero-order chi connectivity index (χ0) is 14.0. The molecule has 0 saturated carbocycles. The molecular formula is C14H20NO3P. The van der Waals surface area contributed by atoms with Crippen molar-refractivity contribution < 1.29 is 13.9 Å². The van der Waals surface area contributed by atoms with Crippen LogP contribution in [0.5, 0.6) is 0 Å². The van der Waals surface area contributed by atoms with Crippen LogP contribution in [0.1, 0.15) is 13.8 Å². The molecule has 0 amide bonds. The maximum absolute atomic E-state index is 11.1. The van der Waals surface area contributed by atoms with Gasteiger partial charge in [-0.1, -0.05) is 0 Å². The van der Waals surface area contributed by atoms with Gasteiger partial charge in [-0.05, 0) is 0 Å². The average molecular weight is 281 g/mol. The van der Waals surface area contributed by atoms with Crippen LogP contribution < -0.4 is 5.30 Å². The Labute approximate surface area is 113 Å². The number of hydrogen-bond donors (Lipinski definition) is 1. The first-order valence-corrected chi connectivity index (χ1v) is 8.88. The minimum atomic E-state index is -3.84. The van der Waals surface area contributed by atoms with Gasteiger partial charge in [-0.3, -0.25) is 0 Å². The molecule has 5 heteroatoms. The molecule has 0 aliphatic rings. The van der Waals surface area contributed by atoms with Gasteiger partial charge >= 0.3 is 113 Å². The molecule has 0 fully saturated rings. The first-order valence-electron chi connectivity index (χ1n) is 6.41. The number of aromatic nitrogens is 1. The van der Waals surface area contributed by atoms with Crippen LogP contribution in [0.4, 0.5) is 0 Å². The number of fused-ring (bicyclic) bond motifs is 1. The predicted octanol–water partition coefficient (Wildman–Crippen LogP) is 2.85. The van der Waals surface area contributed by atoms with Crippen LogP contribution in [-0.4, -0.2) is 29.8 Å². The summed E-state index contributed by atoms with van der Waals surface area (Å²) in [5.74, 6) is 0. The van der Waals surface area contributed by atoms with Crippen LogP contribution in [0.2, 0.25) is 0 Å². The fourth-order valence-electron chi connectivity index (χ4n) is 2.28. The second-order valence-corrected chi connectivity index (χ2v) is 8.11. The molecule has 2 rings (SSSR count). The summed E-state index contributed by atoms with van der Waals surface area (Å²) < 4.78 is 11.4. The molecule has 0 radical (unpaired) electrons. The van der Waals surface area contributed by atoms with Gasteiger partial charge in [0.1, 0.15) is 0 Å². The van der Waals surface area contributed by atoms with E-state index < -0.39 is 7.28 Å². The fourth-order valence-corrected chi connectivity index (χ4v) is 4.94. The van der Waals surface area contributed by atoms with Crippen LogP contribution in [0.3, 0.4) is 0 Å². The molecule has 19 heavy (non-hydrogen) atoms. The molecular weight excluding hydrogens is 261 g/mol. The minimum absolute atomic E-state index is 0.383. The van der Waals surface area contributed by atoms with Gasteiger partial charge in [0, 0.05) is 0 Å². The molecule has 104 valence electrons. The maximum atomic E-state index is 11.1. The molecule has 0 unspecified atom stereocenters. The third kappa shape index (κ3) is 2.63. The van der Waals surface area contributed by atoms with Crippen molar-refractivity contribution in [3.05, 3.63) is 36.5 Å². The third-order valence-electron chi connectivity index (χ3n) is 3.02. The summed E-state index contributed by atoms with van der Waals surface area (Å²) in [6, 6.07) is 9.51. The Kier molecular flexibility index (Phi) is 3.88. The Morgan fingerprint density at radius 3 is 2.37 bits per heavy atom. The van der Waals surface area contributed by atoms with E-state index in [0.29, 0.717) is 18.5 Å². The number of para-hydroxylation sites is 1. The van der Waals surface area contributed by atoms with Gasteiger partial charge in [0.15, 0.2) is 0 Å². The molecule has 0 spiro atoms. The predicted molar refractivity (Wildman–Crippen MR) is 79.7 cm³/mol. The van der Waals surface area contributed by atoms with Crippen molar-refractivity contribution in [2.24, 2.45) is 0 Å². The van der Waals surface area contributed by atoms with E-state index in [1.54, 1.807) is 12.9 Å². The summed E-state index contributed by atoms with van der Waals surface area (Å²) in [4.78, 5) is 15.5. The zero-order valence-electron chi connectivity index (χ0n) is 11.5. The number of nitrogens with zero attached hydrogens (tertiary/aromatic N) is 1. The molecule has 0 aliphatic heterocycles. The average Bonchev–Trinajstić information content (AvgIpc) is 2.38. The summed E-state index contributed by atoms with van der Waals surface area (Å²) in [5, 5.41) is 1.61. The molecule has 1 heterocycles. The first kappa shape index (κ1) is 14.4. The van der Waals surface area contributed by atoms with Crippen LogP contribution in [0, 0.1) is 0 Å². The van der Waals surface area contributed by atoms with Gasteiger partial charge in [0.05, 0.1) is 0 Å². The van der Waals surface area contributed by atoms with E-state index in [0.717, 1.165) is 10.9 Å². The number of rotatable bonds is 5. The summed E-state index contributed by atoms with van der Waals surface area (Å²) in [6.07, 6.45) is 1.71. The van der Waals surface area contributed by atoms with Crippen molar-refractivity contribution >= 4 is 23.5 Å².